The van der Waals surface area contributed by atoms with Gasteiger partial charge in [0.05, 0.1) is 22.5 Å². The quantitative estimate of drug-likeness (QED) is 0.787. The highest BCUT2D eigenvalue weighted by Crippen LogP contribution is 2.30. The Morgan fingerprint density at radius 3 is 3.06 bits per heavy atom. The van der Waals surface area contributed by atoms with Gasteiger partial charge in [-0.1, -0.05) is 11.6 Å². The highest BCUT2D eigenvalue weighted by Gasteiger charge is 2.18. The summed E-state index contributed by atoms with van der Waals surface area (Å²) < 4.78 is 19.0. The summed E-state index contributed by atoms with van der Waals surface area (Å²) in [4.78, 5) is 2.05. The minimum absolute atomic E-state index is 0.0605. The molecule has 1 aliphatic rings. The van der Waals surface area contributed by atoms with Gasteiger partial charge >= 0.3 is 0 Å². The van der Waals surface area contributed by atoms with Gasteiger partial charge in [0.25, 0.3) is 0 Å². The molecular weight excluding hydrogens is 243 g/mol. The number of hydrogen-bond donors (Lipinski definition) is 1. The molecule has 0 aliphatic carbocycles. The van der Waals surface area contributed by atoms with Gasteiger partial charge in [-0.2, -0.15) is 0 Å². The first-order valence-electron chi connectivity index (χ1n) is 5.69. The van der Waals surface area contributed by atoms with Crippen LogP contribution in [0.3, 0.4) is 0 Å². The van der Waals surface area contributed by atoms with E-state index in [0.29, 0.717) is 17.9 Å². The normalized spacial score (nSPS) is 21.4. The van der Waals surface area contributed by atoms with Crippen molar-refractivity contribution in [3.63, 3.8) is 0 Å². The number of halogens is 2. The molecule has 3 nitrogen and oxygen atoms in total. The number of nitrogens with two attached hydrogens (primary N) is 1. The lowest BCUT2D eigenvalue weighted by Gasteiger charge is -2.25. The van der Waals surface area contributed by atoms with Crippen molar-refractivity contribution in [3.05, 3.63) is 23.0 Å². The SMILES string of the molecule is CC1CN(c2cc(F)c(Cl)cc2N)CCCO1. The number of hydrogen-bond acceptors (Lipinski definition) is 3. The fourth-order valence-electron chi connectivity index (χ4n) is 2.04. The van der Waals surface area contributed by atoms with Gasteiger partial charge in [-0.3, -0.25) is 0 Å². The van der Waals surface area contributed by atoms with E-state index in [-0.39, 0.29) is 11.1 Å². The van der Waals surface area contributed by atoms with Crippen molar-refractivity contribution in [1.82, 2.24) is 0 Å². The Morgan fingerprint density at radius 2 is 2.29 bits per heavy atom. The van der Waals surface area contributed by atoms with E-state index in [4.69, 9.17) is 22.1 Å². The summed E-state index contributed by atoms with van der Waals surface area (Å²) in [6.07, 6.45) is 1.03. The van der Waals surface area contributed by atoms with Crippen molar-refractivity contribution in [2.45, 2.75) is 19.4 Å². The lowest BCUT2D eigenvalue weighted by atomic mass is 10.2. The Hall–Kier alpha value is -1.00. The maximum Gasteiger partial charge on any atom is 0.144 e. The molecule has 1 saturated heterocycles. The minimum atomic E-state index is -0.436. The zero-order valence-electron chi connectivity index (χ0n) is 9.75. The molecule has 1 aliphatic heterocycles. The average molecular weight is 259 g/mol. The van der Waals surface area contributed by atoms with E-state index in [1.165, 1.54) is 12.1 Å². The summed E-state index contributed by atoms with van der Waals surface area (Å²) in [7, 11) is 0. The standard InChI is InChI=1S/C12H16ClFN2O/c1-8-7-16(3-2-4-17-8)12-6-10(14)9(13)5-11(12)15/h5-6,8H,2-4,7,15H2,1H3. The fourth-order valence-corrected chi connectivity index (χ4v) is 2.21. The molecule has 1 aromatic carbocycles. The Morgan fingerprint density at radius 1 is 1.53 bits per heavy atom. The van der Waals surface area contributed by atoms with Gasteiger partial charge in [-0.25, -0.2) is 4.39 Å². The first-order chi connectivity index (χ1) is 8.08. The Kier molecular flexibility index (Phi) is 3.74. The van der Waals surface area contributed by atoms with E-state index in [9.17, 15) is 4.39 Å². The zero-order valence-corrected chi connectivity index (χ0v) is 10.5. The predicted molar refractivity (Wildman–Crippen MR) is 68.1 cm³/mol. The summed E-state index contributed by atoms with van der Waals surface area (Å²) in [5, 5.41) is 0.0605. The molecule has 0 aromatic heterocycles. The highest BCUT2D eigenvalue weighted by atomic mass is 35.5. The molecule has 0 saturated carbocycles. The molecule has 0 amide bonds. The van der Waals surface area contributed by atoms with Crippen LogP contribution in [0.25, 0.3) is 0 Å². The average Bonchev–Trinajstić information content (AvgIpc) is 2.48. The molecule has 0 bridgehead atoms. The van der Waals surface area contributed by atoms with Gasteiger partial charge in [0.2, 0.25) is 0 Å². The first-order valence-corrected chi connectivity index (χ1v) is 6.07. The van der Waals surface area contributed by atoms with Crippen molar-refractivity contribution in [3.8, 4) is 0 Å². The third-order valence-electron chi connectivity index (χ3n) is 2.86. The number of anilines is 2. The smallest absolute Gasteiger partial charge is 0.144 e. The van der Waals surface area contributed by atoms with Crippen molar-refractivity contribution in [2.24, 2.45) is 0 Å². The van der Waals surface area contributed by atoms with Gasteiger partial charge in [-0.15, -0.1) is 0 Å². The lowest BCUT2D eigenvalue weighted by Crippen LogP contribution is -2.30. The molecule has 2 N–H and O–H groups in total. The number of benzene rings is 1. The molecule has 1 atom stereocenters. The van der Waals surface area contributed by atoms with Crippen LogP contribution in [0.1, 0.15) is 13.3 Å². The first kappa shape index (κ1) is 12.5. The third kappa shape index (κ3) is 2.82. The number of rotatable bonds is 1. The minimum Gasteiger partial charge on any atom is -0.397 e. The van der Waals surface area contributed by atoms with Gasteiger partial charge in [0.15, 0.2) is 0 Å². The second kappa shape index (κ2) is 5.10. The molecule has 1 heterocycles. The maximum absolute atomic E-state index is 13.5. The maximum atomic E-state index is 13.5. The summed E-state index contributed by atoms with van der Waals surface area (Å²) in [5.41, 5.74) is 7.09. The largest absolute Gasteiger partial charge is 0.397 e. The van der Waals surface area contributed by atoms with Crippen LogP contribution in [-0.2, 0) is 4.74 Å². The van der Waals surface area contributed by atoms with Crippen molar-refractivity contribution >= 4 is 23.0 Å². The van der Waals surface area contributed by atoms with Crippen LogP contribution in [0, 0.1) is 5.82 Å². The van der Waals surface area contributed by atoms with E-state index in [2.05, 4.69) is 0 Å². The molecule has 94 valence electrons. The van der Waals surface area contributed by atoms with Crippen LogP contribution in [-0.4, -0.2) is 25.8 Å². The topological polar surface area (TPSA) is 38.5 Å². The van der Waals surface area contributed by atoms with Crippen LogP contribution in [0.15, 0.2) is 12.1 Å². The lowest BCUT2D eigenvalue weighted by molar-refractivity contribution is 0.0821. The molecule has 2 rings (SSSR count). The van der Waals surface area contributed by atoms with Crippen LogP contribution in [0.5, 0.6) is 0 Å². The zero-order chi connectivity index (χ0) is 12.4. The highest BCUT2D eigenvalue weighted by molar-refractivity contribution is 6.31. The number of nitrogens with zero attached hydrogens (tertiary/aromatic N) is 1. The van der Waals surface area contributed by atoms with Crippen molar-refractivity contribution in [1.29, 1.82) is 0 Å². The van der Waals surface area contributed by atoms with E-state index < -0.39 is 5.82 Å². The van der Waals surface area contributed by atoms with E-state index >= 15 is 0 Å². The summed E-state index contributed by atoms with van der Waals surface area (Å²) in [5.74, 6) is -0.436. The van der Waals surface area contributed by atoms with E-state index in [1.807, 2.05) is 11.8 Å². The van der Waals surface area contributed by atoms with Crippen LogP contribution < -0.4 is 10.6 Å². The van der Waals surface area contributed by atoms with Crippen molar-refractivity contribution < 1.29 is 9.13 Å². The van der Waals surface area contributed by atoms with E-state index in [1.54, 1.807) is 0 Å². The molecule has 0 radical (unpaired) electrons. The molecule has 1 unspecified atom stereocenters. The van der Waals surface area contributed by atoms with Gasteiger partial charge in [0, 0.05) is 25.8 Å². The Labute approximate surface area is 105 Å². The number of ether oxygens (including phenoxy) is 1. The number of nitrogen functional groups attached to an aromatic ring is 1. The molecular formula is C12H16ClFN2O. The van der Waals surface area contributed by atoms with Gasteiger partial charge < -0.3 is 15.4 Å². The summed E-state index contributed by atoms with van der Waals surface area (Å²) in [6.45, 7) is 4.26. The van der Waals surface area contributed by atoms with Gasteiger partial charge in [0.1, 0.15) is 5.82 Å². The van der Waals surface area contributed by atoms with Crippen molar-refractivity contribution in [2.75, 3.05) is 30.3 Å². The second-order valence-corrected chi connectivity index (χ2v) is 4.71. The van der Waals surface area contributed by atoms with Crippen LogP contribution in [0.4, 0.5) is 15.8 Å². The fraction of sp³-hybridized carbons (Fsp3) is 0.500. The Bertz CT molecular complexity index is 414. The molecule has 5 heteroatoms. The molecule has 1 fully saturated rings. The van der Waals surface area contributed by atoms with Gasteiger partial charge in [-0.05, 0) is 19.4 Å². The monoisotopic (exact) mass is 258 g/mol. The molecule has 0 spiro atoms. The molecule has 17 heavy (non-hydrogen) atoms. The molecule has 1 aromatic rings. The summed E-state index contributed by atoms with van der Waals surface area (Å²) >= 11 is 5.69. The van der Waals surface area contributed by atoms with E-state index in [0.717, 1.165) is 19.6 Å². The van der Waals surface area contributed by atoms with Crippen LogP contribution >= 0.6 is 11.6 Å². The van der Waals surface area contributed by atoms with Crippen LogP contribution in [0.2, 0.25) is 5.02 Å². The predicted octanol–water partition coefficient (Wildman–Crippen LogP) is 2.68. The Balaban J connectivity index is 2.28. The summed E-state index contributed by atoms with van der Waals surface area (Å²) in [6, 6.07) is 2.86. The second-order valence-electron chi connectivity index (χ2n) is 4.31. The third-order valence-corrected chi connectivity index (χ3v) is 3.15.